The molecule has 1 heterocycles. The van der Waals surface area contributed by atoms with Crippen LogP contribution in [-0.4, -0.2) is 36.4 Å². The van der Waals surface area contributed by atoms with Crippen LogP contribution in [0.1, 0.15) is 12.5 Å². The summed E-state index contributed by atoms with van der Waals surface area (Å²) >= 11 is 0. The highest BCUT2D eigenvalue weighted by Gasteiger charge is 2.49. The minimum Gasteiger partial charge on any atom is -0.497 e. The van der Waals surface area contributed by atoms with Gasteiger partial charge in [-0.1, -0.05) is 18.2 Å². The molecule has 0 radical (unpaired) electrons. The smallest absolute Gasteiger partial charge is 0.325 e. The highest BCUT2D eigenvalue weighted by atomic mass is 19.1. The maximum Gasteiger partial charge on any atom is 0.325 e. The van der Waals surface area contributed by atoms with Gasteiger partial charge in [0.2, 0.25) is 5.91 Å². The highest BCUT2D eigenvalue weighted by molar-refractivity contribution is 6.10. The predicted octanol–water partition coefficient (Wildman–Crippen LogP) is 2.24. The van der Waals surface area contributed by atoms with Crippen LogP contribution in [0.5, 0.6) is 5.75 Å². The molecule has 1 saturated heterocycles. The number of hydrogen-bond donors (Lipinski definition) is 2. The van der Waals surface area contributed by atoms with Crippen molar-refractivity contribution >= 4 is 23.5 Å². The van der Waals surface area contributed by atoms with Crippen LogP contribution in [0.15, 0.2) is 48.5 Å². The number of anilines is 1. The minimum atomic E-state index is -1.29. The summed E-state index contributed by atoms with van der Waals surface area (Å²) in [6, 6.07) is 11.4. The molecule has 0 saturated carbocycles. The fourth-order valence-corrected chi connectivity index (χ4v) is 2.87. The van der Waals surface area contributed by atoms with Crippen LogP contribution in [0.3, 0.4) is 0 Å². The molecule has 0 bridgehead atoms. The SMILES string of the molecule is COc1ccc([C@@]2(C)NC(=O)N(CC(=O)Nc3cccc(F)c3)C2=O)cc1. The summed E-state index contributed by atoms with van der Waals surface area (Å²) in [5.41, 5.74) is -0.484. The maximum absolute atomic E-state index is 13.2. The van der Waals surface area contributed by atoms with Crippen molar-refractivity contribution in [1.29, 1.82) is 0 Å². The van der Waals surface area contributed by atoms with Crippen LogP contribution in [0.25, 0.3) is 0 Å². The van der Waals surface area contributed by atoms with Crippen molar-refractivity contribution in [1.82, 2.24) is 10.2 Å². The van der Waals surface area contributed by atoms with Gasteiger partial charge in [-0.25, -0.2) is 9.18 Å². The molecule has 7 nitrogen and oxygen atoms in total. The Balaban J connectivity index is 1.74. The van der Waals surface area contributed by atoms with Crippen LogP contribution in [0.2, 0.25) is 0 Å². The van der Waals surface area contributed by atoms with Gasteiger partial charge in [0.15, 0.2) is 0 Å². The summed E-state index contributed by atoms with van der Waals surface area (Å²) < 4.78 is 18.3. The number of nitrogens with one attached hydrogen (secondary N) is 2. The zero-order valence-electron chi connectivity index (χ0n) is 14.8. The molecule has 2 N–H and O–H groups in total. The van der Waals surface area contributed by atoms with Crippen LogP contribution in [0, 0.1) is 5.82 Å². The van der Waals surface area contributed by atoms with Crippen molar-refractivity contribution in [2.45, 2.75) is 12.5 Å². The number of carbonyl (C=O) groups excluding carboxylic acids is 3. The minimum absolute atomic E-state index is 0.241. The molecule has 0 spiro atoms. The molecule has 0 aromatic heterocycles. The Morgan fingerprint density at radius 3 is 2.56 bits per heavy atom. The number of hydrogen-bond acceptors (Lipinski definition) is 4. The van der Waals surface area contributed by atoms with E-state index in [9.17, 15) is 18.8 Å². The molecular formula is C19H18FN3O4. The van der Waals surface area contributed by atoms with E-state index in [4.69, 9.17) is 4.74 Å². The van der Waals surface area contributed by atoms with Gasteiger partial charge < -0.3 is 15.4 Å². The van der Waals surface area contributed by atoms with E-state index in [1.54, 1.807) is 31.2 Å². The summed E-state index contributed by atoms with van der Waals surface area (Å²) in [6.07, 6.45) is 0. The second-order valence-electron chi connectivity index (χ2n) is 6.23. The maximum atomic E-state index is 13.2. The fraction of sp³-hybridized carbons (Fsp3) is 0.211. The Morgan fingerprint density at radius 2 is 1.93 bits per heavy atom. The average Bonchev–Trinajstić information content (AvgIpc) is 2.86. The Labute approximate surface area is 155 Å². The van der Waals surface area contributed by atoms with Crippen LogP contribution in [0.4, 0.5) is 14.9 Å². The summed E-state index contributed by atoms with van der Waals surface area (Å²) in [4.78, 5) is 38.1. The van der Waals surface area contributed by atoms with Crippen molar-refractivity contribution in [3.8, 4) is 5.75 Å². The third kappa shape index (κ3) is 3.59. The summed E-state index contributed by atoms with van der Waals surface area (Å²) in [5.74, 6) is -1.05. The molecular weight excluding hydrogens is 353 g/mol. The molecule has 8 heteroatoms. The van der Waals surface area contributed by atoms with Gasteiger partial charge in [0, 0.05) is 5.69 Å². The van der Waals surface area contributed by atoms with Gasteiger partial charge in [0.1, 0.15) is 23.7 Å². The molecule has 2 aromatic rings. The first kappa shape index (κ1) is 18.4. The largest absolute Gasteiger partial charge is 0.497 e. The first-order valence-corrected chi connectivity index (χ1v) is 8.17. The Morgan fingerprint density at radius 1 is 1.22 bits per heavy atom. The lowest BCUT2D eigenvalue weighted by atomic mass is 9.92. The number of benzene rings is 2. The standard InChI is InChI=1S/C19H18FN3O4/c1-19(12-6-8-15(27-2)9-7-12)17(25)23(18(26)22-19)11-16(24)21-14-5-3-4-13(20)10-14/h3-10H,11H2,1-2H3,(H,21,24)(H,22,26)/t19-/m1/s1. The van der Waals surface area contributed by atoms with E-state index in [-0.39, 0.29) is 5.69 Å². The summed E-state index contributed by atoms with van der Waals surface area (Å²) in [5, 5.41) is 5.08. The second-order valence-corrected chi connectivity index (χ2v) is 6.23. The second kappa shape index (κ2) is 7.06. The van der Waals surface area contributed by atoms with Crippen molar-refractivity contribution in [2.75, 3.05) is 19.0 Å². The number of halogens is 1. The Hall–Kier alpha value is -3.42. The van der Waals surface area contributed by atoms with Gasteiger partial charge in [-0.2, -0.15) is 0 Å². The van der Waals surface area contributed by atoms with Gasteiger partial charge in [-0.15, -0.1) is 0 Å². The van der Waals surface area contributed by atoms with Crippen molar-refractivity contribution in [3.63, 3.8) is 0 Å². The zero-order chi connectivity index (χ0) is 19.6. The molecule has 3 rings (SSSR count). The molecule has 1 aliphatic rings. The lowest BCUT2D eigenvalue weighted by Crippen LogP contribution is -2.42. The molecule has 27 heavy (non-hydrogen) atoms. The number of rotatable bonds is 5. The number of ether oxygens (including phenoxy) is 1. The van der Waals surface area contributed by atoms with E-state index in [0.29, 0.717) is 11.3 Å². The number of nitrogens with zero attached hydrogens (tertiary/aromatic N) is 1. The monoisotopic (exact) mass is 371 g/mol. The van der Waals surface area contributed by atoms with Gasteiger partial charge in [0.25, 0.3) is 5.91 Å². The normalized spacial score (nSPS) is 19.0. The first-order chi connectivity index (χ1) is 12.8. The predicted molar refractivity (Wildman–Crippen MR) is 95.6 cm³/mol. The number of urea groups is 1. The summed E-state index contributed by atoms with van der Waals surface area (Å²) in [7, 11) is 1.53. The Kier molecular flexibility index (Phi) is 4.81. The van der Waals surface area contributed by atoms with E-state index in [2.05, 4.69) is 10.6 Å². The first-order valence-electron chi connectivity index (χ1n) is 8.17. The van der Waals surface area contributed by atoms with Gasteiger partial charge in [-0.05, 0) is 42.8 Å². The quantitative estimate of drug-likeness (QED) is 0.789. The van der Waals surface area contributed by atoms with E-state index in [1.807, 2.05) is 0 Å². The molecule has 140 valence electrons. The molecule has 1 aliphatic heterocycles. The van der Waals surface area contributed by atoms with E-state index in [1.165, 1.54) is 25.3 Å². The van der Waals surface area contributed by atoms with Crippen LogP contribution >= 0.6 is 0 Å². The van der Waals surface area contributed by atoms with Crippen LogP contribution < -0.4 is 15.4 Å². The number of amides is 4. The van der Waals surface area contributed by atoms with Crippen LogP contribution in [-0.2, 0) is 15.1 Å². The fourth-order valence-electron chi connectivity index (χ4n) is 2.87. The zero-order valence-corrected chi connectivity index (χ0v) is 14.8. The number of methoxy groups -OCH3 is 1. The topological polar surface area (TPSA) is 87.7 Å². The van der Waals surface area contributed by atoms with Gasteiger partial charge in [-0.3, -0.25) is 14.5 Å². The molecule has 0 unspecified atom stereocenters. The lowest BCUT2D eigenvalue weighted by molar-refractivity contribution is -0.133. The molecule has 4 amide bonds. The molecule has 0 aliphatic carbocycles. The van der Waals surface area contributed by atoms with E-state index < -0.39 is 35.7 Å². The highest BCUT2D eigenvalue weighted by Crippen LogP contribution is 2.30. The molecule has 1 atom stereocenters. The Bertz CT molecular complexity index is 900. The number of carbonyl (C=O) groups is 3. The van der Waals surface area contributed by atoms with Crippen molar-refractivity contribution < 1.29 is 23.5 Å². The lowest BCUT2D eigenvalue weighted by Gasteiger charge is -2.22. The van der Waals surface area contributed by atoms with Crippen molar-refractivity contribution in [2.24, 2.45) is 0 Å². The summed E-state index contributed by atoms with van der Waals surface area (Å²) in [6.45, 7) is 1.09. The van der Waals surface area contributed by atoms with Crippen molar-refractivity contribution in [3.05, 3.63) is 59.9 Å². The van der Waals surface area contributed by atoms with E-state index >= 15 is 0 Å². The van der Waals surface area contributed by atoms with E-state index in [0.717, 1.165) is 11.0 Å². The third-order valence-corrected chi connectivity index (χ3v) is 4.35. The number of imide groups is 1. The van der Waals surface area contributed by atoms with Gasteiger partial charge >= 0.3 is 6.03 Å². The average molecular weight is 371 g/mol. The molecule has 1 fully saturated rings. The molecule has 2 aromatic carbocycles. The third-order valence-electron chi connectivity index (χ3n) is 4.35. The van der Waals surface area contributed by atoms with Gasteiger partial charge in [0.05, 0.1) is 7.11 Å².